The van der Waals surface area contributed by atoms with Crippen LogP contribution in [-0.2, 0) is 10.0 Å². The van der Waals surface area contributed by atoms with E-state index >= 15 is 0 Å². The van der Waals surface area contributed by atoms with E-state index < -0.39 is 10.0 Å². The molecule has 3 rings (SSSR count). The van der Waals surface area contributed by atoms with Crippen LogP contribution in [-0.4, -0.2) is 44.6 Å². The van der Waals surface area contributed by atoms with Crippen LogP contribution in [0.25, 0.3) is 0 Å². The molecule has 0 radical (unpaired) electrons. The van der Waals surface area contributed by atoms with Gasteiger partial charge in [0.1, 0.15) is 10.7 Å². The summed E-state index contributed by atoms with van der Waals surface area (Å²) >= 11 is 12.0. The van der Waals surface area contributed by atoms with E-state index in [9.17, 15) is 8.42 Å². The predicted molar refractivity (Wildman–Crippen MR) is 118 cm³/mol. The van der Waals surface area contributed by atoms with Crippen molar-refractivity contribution in [2.45, 2.75) is 38.0 Å². The van der Waals surface area contributed by atoms with Crippen LogP contribution in [0.5, 0.6) is 0 Å². The summed E-state index contributed by atoms with van der Waals surface area (Å²) < 4.78 is 27.6. The molecular weight excluding hydrogens is 433 g/mol. The summed E-state index contributed by atoms with van der Waals surface area (Å²) in [6.07, 6.45) is 3.59. The molecule has 1 aromatic heterocycles. The highest BCUT2D eigenvalue weighted by molar-refractivity contribution is 7.89. The zero-order valence-corrected chi connectivity index (χ0v) is 18.8. The Kier molecular flexibility index (Phi) is 7.21. The molecule has 0 aliphatic carbocycles. The van der Waals surface area contributed by atoms with Crippen LogP contribution in [0, 0.1) is 13.8 Å². The van der Waals surface area contributed by atoms with Crippen LogP contribution < -0.4 is 14.9 Å². The Bertz CT molecular complexity index is 979. The third-order valence-corrected chi connectivity index (χ3v) is 7.06. The van der Waals surface area contributed by atoms with Gasteiger partial charge < -0.3 is 10.2 Å². The lowest BCUT2D eigenvalue weighted by molar-refractivity contribution is 0.573. The zero-order chi connectivity index (χ0) is 21.0. The second-order valence-electron chi connectivity index (χ2n) is 7.10. The first kappa shape index (κ1) is 22.1. The van der Waals surface area contributed by atoms with Gasteiger partial charge in [-0.25, -0.2) is 18.1 Å². The van der Waals surface area contributed by atoms with Crippen LogP contribution >= 0.6 is 23.2 Å². The van der Waals surface area contributed by atoms with Gasteiger partial charge in [-0.15, -0.1) is 0 Å². The Labute approximate surface area is 181 Å². The van der Waals surface area contributed by atoms with Gasteiger partial charge in [-0.3, -0.25) is 0 Å². The van der Waals surface area contributed by atoms with Gasteiger partial charge in [0.15, 0.2) is 0 Å². The molecule has 0 amide bonds. The topological polar surface area (TPSA) is 87.2 Å². The minimum Gasteiger partial charge on any atom is -0.356 e. The fraction of sp³-hybridized carbons (Fsp3) is 0.474. The highest BCUT2D eigenvalue weighted by Crippen LogP contribution is 2.28. The molecule has 0 bridgehead atoms. The van der Waals surface area contributed by atoms with Crippen LogP contribution in [0.4, 0.5) is 11.8 Å². The zero-order valence-electron chi connectivity index (χ0n) is 16.5. The van der Waals surface area contributed by atoms with Gasteiger partial charge >= 0.3 is 0 Å². The average molecular weight is 458 g/mol. The Morgan fingerprint density at radius 1 is 1.00 bits per heavy atom. The number of aryl methyl sites for hydroxylation is 2. The van der Waals surface area contributed by atoms with E-state index in [1.54, 1.807) is 6.92 Å². The van der Waals surface area contributed by atoms with Crippen LogP contribution in [0.2, 0.25) is 10.0 Å². The number of hydrogen-bond acceptors (Lipinski definition) is 6. The van der Waals surface area contributed by atoms with Crippen LogP contribution in [0.3, 0.4) is 0 Å². The second kappa shape index (κ2) is 9.47. The molecule has 0 spiro atoms. The standard InChI is InChI=1S/C19H25Cl2N5O2S/c1-13-10-17(16(21)12-15(13)20)29(27,28)23-7-6-22-19-24-14(2)11-18(25-19)26-8-4-3-5-9-26/h10-12,23H,3-9H2,1-2H3,(H,22,24,25). The molecule has 29 heavy (non-hydrogen) atoms. The molecule has 10 heteroatoms. The number of rotatable bonds is 7. The third-order valence-electron chi connectivity index (χ3n) is 4.72. The number of hydrogen-bond donors (Lipinski definition) is 2. The van der Waals surface area contributed by atoms with Crippen molar-refractivity contribution in [1.29, 1.82) is 0 Å². The lowest BCUT2D eigenvalue weighted by Gasteiger charge is -2.28. The molecule has 7 nitrogen and oxygen atoms in total. The third kappa shape index (κ3) is 5.72. The molecule has 1 aliphatic heterocycles. The number of anilines is 2. The van der Waals surface area contributed by atoms with E-state index in [1.807, 2.05) is 13.0 Å². The van der Waals surface area contributed by atoms with E-state index in [4.69, 9.17) is 23.2 Å². The highest BCUT2D eigenvalue weighted by atomic mass is 35.5. The van der Waals surface area contributed by atoms with E-state index in [2.05, 4.69) is 24.9 Å². The van der Waals surface area contributed by atoms with Crippen molar-refractivity contribution >= 4 is 45.0 Å². The first-order valence-electron chi connectivity index (χ1n) is 9.56. The number of aromatic nitrogens is 2. The molecule has 0 unspecified atom stereocenters. The first-order valence-corrected chi connectivity index (χ1v) is 11.8. The average Bonchev–Trinajstić information content (AvgIpc) is 2.68. The molecule has 2 N–H and O–H groups in total. The minimum absolute atomic E-state index is 0.0141. The molecule has 2 aromatic rings. The maximum Gasteiger partial charge on any atom is 0.242 e. The smallest absolute Gasteiger partial charge is 0.242 e. The van der Waals surface area contributed by atoms with Crippen molar-refractivity contribution in [3.63, 3.8) is 0 Å². The van der Waals surface area contributed by atoms with Gasteiger partial charge in [0.2, 0.25) is 16.0 Å². The molecule has 2 heterocycles. The maximum absolute atomic E-state index is 12.5. The number of benzene rings is 1. The molecule has 1 fully saturated rings. The Hall–Kier alpha value is -1.61. The molecule has 1 aromatic carbocycles. The molecule has 0 saturated carbocycles. The van der Waals surface area contributed by atoms with Crippen molar-refractivity contribution < 1.29 is 8.42 Å². The quantitative estimate of drug-likeness (QED) is 0.615. The number of sulfonamides is 1. The lowest BCUT2D eigenvalue weighted by Crippen LogP contribution is -2.31. The van der Waals surface area contributed by atoms with E-state index in [0.717, 1.165) is 24.6 Å². The highest BCUT2D eigenvalue weighted by Gasteiger charge is 2.19. The van der Waals surface area contributed by atoms with Gasteiger partial charge in [-0.1, -0.05) is 23.2 Å². The predicted octanol–water partition coefficient (Wildman–Crippen LogP) is 3.78. The van der Waals surface area contributed by atoms with Crippen molar-refractivity contribution in [2.24, 2.45) is 0 Å². The first-order chi connectivity index (χ1) is 13.8. The fourth-order valence-corrected chi connectivity index (χ4v) is 5.05. The van der Waals surface area contributed by atoms with Gasteiger partial charge in [-0.05, 0) is 50.8 Å². The van der Waals surface area contributed by atoms with Gasteiger partial charge in [-0.2, -0.15) is 4.98 Å². The van der Waals surface area contributed by atoms with Crippen LogP contribution in [0.1, 0.15) is 30.5 Å². The summed E-state index contributed by atoms with van der Waals surface area (Å²) in [7, 11) is -3.75. The Balaban J connectivity index is 1.60. The monoisotopic (exact) mass is 457 g/mol. The Morgan fingerprint density at radius 3 is 2.45 bits per heavy atom. The largest absolute Gasteiger partial charge is 0.356 e. The van der Waals surface area contributed by atoms with Crippen molar-refractivity contribution in [2.75, 3.05) is 36.4 Å². The van der Waals surface area contributed by atoms with Gasteiger partial charge in [0.05, 0.1) is 5.02 Å². The molecule has 1 aliphatic rings. The lowest BCUT2D eigenvalue weighted by atomic mass is 10.1. The number of nitrogens with zero attached hydrogens (tertiary/aromatic N) is 3. The van der Waals surface area contributed by atoms with Crippen molar-refractivity contribution in [1.82, 2.24) is 14.7 Å². The van der Waals surface area contributed by atoms with E-state index in [1.165, 1.54) is 31.4 Å². The SMILES string of the molecule is Cc1cc(N2CCCCC2)nc(NCCNS(=O)(=O)c2cc(C)c(Cl)cc2Cl)n1. The number of halogens is 2. The van der Waals surface area contributed by atoms with Crippen LogP contribution in [0.15, 0.2) is 23.1 Å². The molecule has 158 valence electrons. The van der Waals surface area contributed by atoms with E-state index in [0.29, 0.717) is 23.1 Å². The summed E-state index contributed by atoms with van der Waals surface area (Å²) in [5.41, 5.74) is 1.51. The molecule has 0 atom stereocenters. The fourth-order valence-electron chi connectivity index (χ4n) is 3.19. The second-order valence-corrected chi connectivity index (χ2v) is 9.64. The summed E-state index contributed by atoms with van der Waals surface area (Å²) in [6, 6.07) is 4.88. The van der Waals surface area contributed by atoms with Crippen molar-refractivity contribution in [3.05, 3.63) is 39.5 Å². The normalized spacial score (nSPS) is 14.8. The molecular formula is C19H25Cl2N5O2S. The summed E-state index contributed by atoms with van der Waals surface area (Å²) in [5, 5.41) is 3.61. The van der Waals surface area contributed by atoms with E-state index in [-0.39, 0.29) is 16.5 Å². The maximum atomic E-state index is 12.5. The van der Waals surface area contributed by atoms with Gasteiger partial charge in [0, 0.05) is 43.0 Å². The Morgan fingerprint density at radius 2 is 1.72 bits per heavy atom. The molecule has 1 saturated heterocycles. The minimum atomic E-state index is -3.75. The van der Waals surface area contributed by atoms with Gasteiger partial charge in [0.25, 0.3) is 0 Å². The summed E-state index contributed by atoms with van der Waals surface area (Å²) in [5.74, 6) is 1.40. The summed E-state index contributed by atoms with van der Waals surface area (Å²) in [4.78, 5) is 11.2. The summed E-state index contributed by atoms with van der Waals surface area (Å²) in [6.45, 7) is 6.15. The number of piperidine rings is 1. The number of nitrogens with one attached hydrogen (secondary N) is 2. The van der Waals surface area contributed by atoms with Crippen molar-refractivity contribution in [3.8, 4) is 0 Å².